The molecule has 4 nitrogen and oxygen atoms in total. The van der Waals surface area contributed by atoms with Crippen LogP contribution in [0.25, 0.3) is 10.9 Å². The summed E-state index contributed by atoms with van der Waals surface area (Å²) >= 11 is 0. The number of fused-ring (bicyclic) bond motifs is 1. The minimum Gasteiger partial charge on any atom is -0.311 e. The Morgan fingerprint density at radius 2 is 2.00 bits per heavy atom. The number of halogens is 1. The molecule has 0 saturated carbocycles. The van der Waals surface area contributed by atoms with E-state index in [0.29, 0.717) is 23.5 Å². The highest BCUT2D eigenvalue weighted by molar-refractivity contribution is 7.98. The van der Waals surface area contributed by atoms with Crippen molar-refractivity contribution < 1.29 is 8.60 Å². The topological polar surface area (TPSA) is 42.3 Å². The molecule has 120 valence electrons. The Morgan fingerprint density at radius 1 is 1.32 bits per heavy atom. The summed E-state index contributed by atoms with van der Waals surface area (Å²) < 4.78 is 30.3. The Kier molecular flexibility index (Phi) is 4.72. The van der Waals surface area contributed by atoms with Crippen molar-refractivity contribution in [2.24, 2.45) is 7.05 Å². The van der Waals surface area contributed by atoms with Crippen molar-refractivity contribution >= 4 is 26.5 Å². The molecule has 0 bridgehead atoms. The first-order valence-corrected chi connectivity index (χ1v) is 8.93. The summed E-state index contributed by atoms with van der Waals surface area (Å²) in [5, 5.41) is 0.281. The van der Waals surface area contributed by atoms with Crippen LogP contribution in [0.2, 0.25) is 0 Å². The summed E-state index contributed by atoms with van der Waals surface area (Å²) in [7, 11) is -1.08. The molecule has 0 amide bonds. The zero-order chi connectivity index (χ0) is 16.5. The molecule has 1 aromatic carbocycles. The average Bonchev–Trinajstić information content (AvgIpc) is 2.49. The molecule has 0 aliphatic heterocycles. The van der Waals surface area contributed by atoms with E-state index in [-0.39, 0.29) is 5.39 Å². The van der Waals surface area contributed by atoms with E-state index in [1.807, 2.05) is 13.8 Å². The lowest BCUT2D eigenvalue weighted by Crippen LogP contribution is -2.31. The number of hydrogen-bond acceptors (Lipinski definition) is 2. The monoisotopic (exact) mass is 324 g/mol. The molecule has 1 unspecified atom stereocenters. The molecule has 0 N–H and O–H groups in total. The number of pyridine rings is 1. The Labute approximate surface area is 130 Å². The van der Waals surface area contributed by atoms with Gasteiger partial charge in [0.05, 0.1) is 15.2 Å². The predicted octanol–water partition coefficient (Wildman–Crippen LogP) is 2.40. The smallest absolute Gasteiger partial charge is 0.253 e. The Balaban J connectivity index is 2.66. The molecular weight excluding hydrogens is 303 g/mol. The van der Waals surface area contributed by atoms with E-state index in [9.17, 15) is 13.4 Å². The quantitative estimate of drug-likeness (QED) is 0.793. The number of nitrogens with zero attached hydrogens (tertiary/aromatic N) is 2. The van der Waals surface area contributed by atoms with Gasteiger partial charge in [0.25, 0.3) is 5.56 Å². The van der Waals surface area contributed by atoms with E-state index in [4.69, 9.17) is 0 Å². The van der Waals surface area contributed by atoms with Gasteiger partial charge in [0, 0.05) is 36.5 Å². The third-order valence-corrected chi connectivity index (χ3v) is 6.04. The molecule has 1 atom stereocenters. The van der Waals surface area contributed by atoms with Crippen LogP contribution in [0.4, 0.5) is 4.39 Å². The number of hydrogen-bond donors (Lipinski definition) is 0. The second kappa shape index (κ2) is 6.22. The molecule has 2 rings (SSSR count). The summed E-state index contributed by atoms with van der Waals surface area (Å²) in [5.74, 6) is 3.27. The van der Waals surface area contributed by atoms with Gasteiger partial charge in [-0.15, -0.1) is 0 Å². The van der Waals surface area contributed by atoms with Gasteiger partial charge in [-0.3, -0.25) is 4.79 Å². The van der Waals surface area contributed by atoms with Crippen molar-refractivity contribution in [1.29, 1.82) is 0 Å². The van der Waals surface area contributed by atoms with Gasteiger partial charge in [-0.2, -0.15) is 0 Å². The first-order valence-electron chi connectivity index (χ1n) is 7.24. The fraction of sp³-hybridized carbons (Fsp3) is 0.375. The second-order valence-corrected chi connectivity index (χ2v) is 7.50. The minimum absolute atomic E-state index is 0.281. The van der Waals surface area contributed by atoms with Crippen LogP contribution in [0.5, 0.6) is 0 Å². The summed E-state index contributed by atoms with van der Waals surface area (Å²) in [6.07, 6.45) is 0.858. The molecule has 0 spiro atoms. The zero-order valence-electron chi connectivity index (χ0n) is 13.1. The fourth-order valence-corrected chi connectivity index (χ4v) is 4.29. The first kappa shape index (κ1) is 16.7. The van der Waals surface area contributed by atoms with Gasteiger partial charge in [-0.25, -0.2) is 12.9 Å². The van der Waals surface area contributed by atoms with E-state index in [1.165, 1.54) is 10.6 Å². The molecule has 0 saturated heterocycles. The van der Waals surface area contributed by atoms with Gasteiger partial charge in [-0.1, -0.05) is 13.8 Å². The third-order valence-electron chi connectivity index (χ3n) is 3.78. The minimum atomic E-state index is -2.67. The largest absolute Gasteiger partial charge is 0.311 e. The van der Waals surface area contributed by atoms with Crippen LogP contribution in [-0.4, -0.2) is 32.0 Å². The Morgan fingerprint density at radius 3 is 2.59 bits per heavy atom. The summed E-state index contributed by atoms with van der Waals surface area (Å²) in [6.45, 7) is 5.19. The third kappa shape index (κ3) is 2.80. The number of aryl methyl sites for hydroxylation is 1. The van der Waals surface area contributed by atoms with Crippen molar-refractivity contribution in [2.45, 2.75) is 25.2 Å². The Bertz CT molecular complexity index is 856. The van der Waals surface area contributed by atoms with Crippen LogP contribution >= 0.6 is 0 Å². The van der Waals surface area contributed by atoms with Crippen molar-refractivity contribution in [1.82, 2.24) is 8.87 Å². The van der Waals surface area contributed by atoms with Crippen molar-refractivity contribution in [2.75, 3.05) is 13.1 Å². The highest BCUT2D eigenvalue weighted by Crippen LogP contribution is 2.23. The van der Waals surface area contributed by atoms with Gasteiger partial charge in [-0.05, 0) is 30.5 Å². The van der Waals surface area contributed by atoms with Gasteiger partial charge in [0.15, 0.2) is 0 Å². The number of rotatable bonds is 5. The SMILES string of the molecule is C=S(=O)(c1ccc2c(c1)c(F)cc(=O)n2C)N(CC)CCC. The van der Waals surface area contributed by atoms with E-state index < -0.39 is 21.1 Å². The van der Waals surface area contributed by atoms with E-state index in [2.05, 4.69) is 5.87 Å². The van der Waals surface area contributed by atoms with Gasteiger partial charge in [0.1, 0.15) is 5.82 Å². The van der Waals surface area contributed by atoms with Crippen molar-refractivity contribution in [3.8, 4) is 0 Å². The molecule has 0 aliphatic carbocycles. The maximum Gasteiger partial charge on any atom is 0.253 e. The lowest BCUT2D eigenvalue weighted by atomic mass is 10.2. The molecule has 2 aromatic rings. The van der Waals surface area contributed by atoms with E-state index >= 15 is 0 Å². The van der Waals surface area contributed by atoms with Crippen LogP contribution in [0, 0.1) is 5.82 Å². The highest BCUT2D eigenvalue weighted by atomic mass is 32.2. The van der Waals surface area contributed by atoms with Gasteiger partial charge in [0.2, 0.25) is 0 Å². The lowest BCUT2D eigenvalue weighted by Gasteiger charge is -2.25. The predicted molar refractivity (Wildman–Crippen MR) is 90.2 cm³/mol. The van der Waals surface area contributed by atoms with Crippen molar-refractivity contribution in [3.63, 3.8) is 0 Å². The lowest BCUT2D eigenvalue weighted by molar-refractivity contribution is 0.462. The standard InChI is InChI=1S/C16H21FN2O2S/c1-5-9-19(6-2)22(4,21)12-7-8-15-13(10-12)14(17)11-16(20)18(15)3/h7-8,10-11H,4-6,9H2,1-3H3. The molecule has 0 radical (unpaired) electrons. The van der Waals surface area contributed by atoms with Crippen LogP contribution < -0.4 is 5.56 Å². The van der Waals surface area contributed by atoms with Crippen LogP contribution in [0.1, 0.15) is 20.3 Å². The molecule has 0 aliphatic rings. The van der Waals surface area contributed by atoms with Gasteiger partial charge >= 0.3 is 0 Å². The average molecular weight is 324 g/mol. The van der Waals surface area contributed by atoms with E-state index in [0.717, 1.165) is 12.5 Å². The highest BCUT2D eigenvalue weighted by Gasteiger charge is 2.18. The molecule has 1 aromatic heterocycles. The summed E-state index contributed by atoms with van der Waals surface area (Å²) in [5.41, 5.74) is 0.0664. The maximum absolute atomic E-state index is 14.1. The molecule has 0 fully saturated rings. The van der Waals surface area contributed by atoms with Crippen LogP contribution in [-0.2, 0) is 16.8 Å². The maximum atomic E-state index is 14.1. The van der Waals surface area contributed by atoms with Crippen LogP contribution in [0.3, 0.4) is 0 Å². The first-order chi connectivity index (χ1) is 10.3. The van der Waals surface area contributed by atoms with Gasteiger partial charge < -0.3 is 4.57 Å². The Hall–Kier alpha value is -1.66. The summed E-state index contributed by atoms with van der Waals surface area (Å²) in [6, 6.07) is 5.77. The normalized spacial score (nSPS) is 14.4. The van der Waals surface area contributed by atoms with Crippen LogP contribution in [0.15, 0.2) is 34.0 Å². The molecule has 22 heavy (non-hydrogen) atoms. The fourth-order valence-electron chi connectivity index (χ4n) is 2.51. The summed E-state index contributed by atoms with van der Waals surface area (Å²) in [4.78, 5) is 12.1. The molecular formula is C16H21FN2O2S. The zero-order valence-corrected chi connectivity index (χ0v) is 14.0. The molecule has 6 heteroatoms. The molecule has 1 heterocycles. The van der Waals surface area contributed by atoms with E-state index in [1.54, 1.807) is 23.5 Å². The number of benzene rings is 1. The second-order valence-electron chi connectivity index (χ2n) is 5.23. The number of aromatic nitrogens is 1. The van der Waals surface area contributed by atoms with Crippen molar-refractivity contribution in [3.05, 3.63) is 40.4 Å².